The van der Waals surface area contributed by atoms with Gasteiger partial charge in [-0.15, -0.1) is 0 Å². The van der Waals surface area contributed by atoms with Crippen LogP contribution in [0.25, 0.3) is 0 Å². The molecular formula is C26H34FN7OS. The van der Waals surface area contributed by atoms with Crippen LogP contribution in [0.2, 0.25) is 0 Å². The molecule has 4 aliphatic rings. The van der Waals surface area contributed by atoms with Crippen molar-refractivity contribution in [1.82, 2.24) is 14.9 Å². The van der Waals surface area contributed by atoms with Gasteiger partial charge in [-0.1, -0.05) is 6.58 Å². The fourth-order valence-corrected chi connectivity index (χ4v) is 7.80. The molecule has 1 aromatic heterocycles. The predicted molar refractivity (Wildman–Crippen MR) is 144 cm³/mol. The molecule has 0 spiro atoms. The number of piperazine rings is 1. The molecule has 10 heteroatoms. The summed E-state index contributed by atoms with van der Waals surface area (Å²) >= 11 is 1.96. The van der Waals surface area contributed by atoms with Crippen LogP contribution in [-0.4, -0.2) is 71.7 Å². The number of benzene rings is 1. The quantitative estimate of drug-likeness (QED) is 0.560. The highest BCUT2D eigenvalue weighted by Gasteiger charge is 2.53. The molecular weight excluding hydrogens is 477 g/mol. The fourth-order valence-electron chi connectivity index (χ4n) is 6.41. The molecule has 0 radical (unpaired) electrons. The molecule has 3 fully saturated rings. The zero-order valence-corrected chi connectivity index (χ0v) is 21.4. The highest BCUT2D eigenvalue weighted by Crippen LogP contribution is 2.54. The number of aromatic nitrogens is 2. The summed E-state index contributed by atoms with van der Waals surface area (Å²) in [6, 6.07) is 6.10. The Labute approximate surface area is 215 Å². The van der Waals surface area contributed by atoms with Gasteiger partial charge in [0.1, 0.15) is 5.75 Å². The Bertz CT molecular complexity index is 1140. The number of hydrogen-bond donors (Lipinski definition) is 3. The Balaban J connectivity index is 1.32. The Morgan fingerprint density at radius 3 is 2.89 bits per heavy atom. The van der Waals surface area contributed by atoms with E-state index in [0.29, 0.717) is 35.3 Å². The number of anilines is 4. The smallest absolute Gasteiger partial charge is 0.229 e. The highest BCUT2D eigenvalue weighted by molar-refractivity contribution is 7.99. The maximum absolute atomic E-state index is 14.8. The van der Waals surface area contributed by atoms with E-state index in [1.165, 1.54) is 6.20 Å². The Morgan fingerprint density at radius 2 is 2.08 bits per heavy atom. The third-order valence-corrected chi connectivity index (χ3v) is 9.52. The molecule has 1 saturated heterocycles. The molecule has 6 bridgehead atoms. The minimum Gasteiger partial charge on any atom is -0.490 e. The monoisotopic (exact) mass is 511 g/mol. The first-order valence-electron chi connectivity index (χ1n) is 12.8. The highest BCUT2D eigenvalue weighted by atomic mass is 32.2. The molecule has 0 unspecified atom stereocenters. The molecule has 8 nitrogen and oxygen atoms in total. The average molecular weight is 512 g/mol. The Kier molecular flexibility index (Phi) is 6.33. The maximum Gasteiger partial charge on any atom is 0.229 e. The largest absolute Gasteiger partial charge is 0.490 e. The van der Waals surface area contributed by atoms with Crippen molar-refractivity contribution in [3.05, 3.63) is 42.5 Å². The molecule has 36 heavy (non-hydrogen) atoms. The van der Waals surface area contributed by atoms with Crippen molar-refractivity contribution in [3.63, 3.8) is 0 Å². The summed E-state index contributed by atoms with van der Waals surface area (Å²) in [5, 5.41) is 7.13. The van der Waals surface area contributed by atoms with E-state index in [9.17, 15) is 4.39 Å². The molecule has 2 aliphatic heterocycles. The number of nitrogens with two attached hydrogens (primary N) is 1. The summed E-state index contributed by atoms with van der Waals surface area (Å²) in [6.45, 7) is 8.66. The van der Waals surface area contributed by atoms with Crippen LogP contribution in [0.15, 0.2) is 36.7 Å². The Hall–Kier alpha value is -2.72. The van der Waals surface area contributed by atoms with Gasteiger partial charge in [0.2, 0.25) is 5.95 Å². The first-order chi connectivity index (χ1) is 17.5. The molecule has 2 aliphatic carbocycles. The van der Waals surface area contributed by atoms with Crippen LogP contribution < -0.4 is 26.0 Å². The van der Waals surface area contributed by atoms with E-state index in [1.54, 1.807) is 0 Å². The van der Waals surface area contributed by atoms with E-state index < -0.39 is 5.82 Å². The maximum atomic E-state index is 14.8. The lowest BCUT2D eigenvalue weighted by atomic mass is 9.82. The second-order valence-corrected chi connectivity index (χ2v) is 11.8. The number of hydrogen-bond acceptors (Lipinski definition) is 9. The fraction of sp³-hybridized carbons (Fsp3) is 0.538. The van der Waals surface area contributed by atoms with E-state index in [0.717, 1.165) is 61.9 Å². The van der Waals surface area contributed by atoms with Crippen molar-refractivity contribution in [2.75, 3.05) is 61.1 Å². The van der Waals surface area contributed by atoms with Gasteiger partial charge in [-0.25, -0.2) is 9.37 Å². The number of nitrogens with zero attached hydrogens (tertiary/aromatic N) is 4. The zero-order chi connectivity index (χ0) is 24.8. The average Bonchev–Trinajstić information content (AvgIpc) is 3.42. The lowest BCUT2D eigenvalue weighted by Gasteiger charge is -2.36. The van der Waals surface area contributed by atoms with E-state index in [2.05, 4.69) is 50.1 Å². The standard InChI is InChI=1S/C26H34FN7OS/c1-15(28)23-16-11-18-22(12-16)36-10-9-35-21-13-17(3-4-20(21)34-7-5-33(2)6-8-34)30-26-29-14-19(27)25(32-26)31-24(18)23/h3-4,13-14,16,18,22-24H,1,5-12,28H2,2H3,(H2,29,30,31,32)/t16-,18-,22-,23+,24-/m1/s1. The minimum atomic E-state index is -0.465. The van der Waals surface area contributed by atoms with E-state index in [1.807, 2.05) is 23.9 Å². The Morgan fingerprint density at radius 1 is 1.25 bits per heavy atom. The zero-order valence-electron chi connectivity index (χ0n) is 20.6. The molecule has 2 saturated carbocycles. The lowest BCUT2D eigenvalue weighted by Crippen LogP contribution is -2.44. The molecule has 6 rings (SSSR count). The molecule has 192 valence electrons. The van der Waals surface area contributed by atoms with E-state index in [4.69, 9.17) is 10.5 Å². The van der Waals surface area contributed by atoms with Gasteiger partial charge in [-0.2, -0.15) is 16.7 Å². The number of rotatable bonds is 2. The van der Waals surface area contributed by atoms with Crippen molar-refractivity contribution in [2.45, 2.75) is 24.1 Å². The SMILES string of the molecule is C=C(N)[C@H]1[C@@H]2C[C@H]3[C@H]1Nc1nc(ncc1F)Nc1ccc(N4CCN(C)CC4)c(c1)OCCS[C@@H]3C2. The molecule has 5 atom stereocenters. The van der Waals surface area contributed by atoms with Crippen molar-refractivity contribution in [1.29, 1.82) is 0 Å². The van der Waals surface area contributed by atoms with Gasteiger partial charge >= 0.3 is 0 Å². The van der Waals surface area contributed by atoms with Crippen LogP contribution in [0.1, 0.15) is 12.8 Å². The number of halogens is 1. The van der Waals surface area contributed by atoms with Crippen LogP contribution in [0.5, 0.6) is 5.75 Å². The lowest BCUT2D eigenvalue weighted by molar-refractivity contribution is 0.307. The molecule has 3 heterocycles. The third-order valence-electron chi connectivity index (χ3n) is 8.15. The van der Waals surface area contributed by atoms with Gasteiger partial charge in [-0.05, 0) is 43.9 Å². The predicted octanol–water partition coefficient (Wildman–Crippen LogP) is 3.51. The van der Waals surface area contributed by atoms with Crippen molar-refractivity contribution in [3.8, 4) is 5.75 Å². The van der Waals surface area contributed by atoms with Crippen LogP contribution in [0.3, 0.4) is 0 Å². The van der Waals surface area contributed by atoms with Gasteiger partial charge in [0.05, 0.1) is 18.5 Å². The summed E-state index contributed by atoms with van der Waals surface area (Å²) in [7, 11) is 2.16. The van der Waals surface area contributed by atoms with Crippen LogP contribution >= 0.6 is 11.8 Å². The van der Waals surface area contributed by atoms with Gasteiger partial charge in [0, 0.05) is 66.6 Å². The summed E-state index contributed by atoms with van der Waals surface area (Å²) < 4.78 is 21.2. The molecule has 1 aromatic carbocycles. The van der Waals surface area contributed by atoms with Crippen LogP contribution in [-0.2, 0) is 0 Å². The molecule has 0 amide bonds. The summed E-state index contributed by atoms with van der Waals surface area (Å²) in [5.41, 5.74) is 8.81. The summed E-state index contributed by atoms with van der Waals surface area (Å²) in [5.74, 6) is 2.79. The number of nitrogens with one attached hydrogen (secondary N) is 2. The third kappa shape index (κ3) is 4.45. The first-order valence-corrected chi connectivity index (χ1v) is 13.8. The summed E-state index contributed by atoms with van der Waals surface area (Å²) in [4.78, 5) is 13.4. The van der Waals surface area contributed by atoms with E-state index >= 15 is 0 Å². The van der Waals surface area contributed by atoms with Gasteiger partial charge < -0.3 is 30.9 Å². The number of fused-ring (bicyclic) bond motifs is 5. The van der Waals surface area contributed by atoms with Crippen molar-refractivity contribution < 1.29 is 9.13 Å². The minimum absolute atomic E-state index is 0.00642. The number of likely N-dealkylation sites (N-methyl/N-ethyl adjacent to an activating group) is 1. The second-order valence-electron chi connectivity index (χ2n) is 10.4. The second kappa shape index (κ2) is 9.63. The number of ether oxygens (including phenoxy) is 1. The van der Waals surface area contributed by atoms with Crippen molar-refractivity contribution >= 4 is 34.9 Å². The van der Waals surface area contributed by atoms with Gasteiger partial charge in [0.25, 0.3) is 0 Å². The number of thioether (sulfide) groups is 1. The van der Waals surface area contributed by atoms with Crippen molar-refractivity contribution in [2.24, 2.45) is 23.5 Å². The summed E-state index contributed by atoms with van der Waals surface area (Å²) in [6.07, 6.45) is 3.40. The normalized spacial score (nSPS) is 29.9. The van der Waals surface area contributed by atoms with Crippen LogP contribution in [0.4, 0.5) is 27.5 Å². The van der Waals surface area contributed by atoms with Gasteiger partial charge in [-0.3, -0.25) is 0 Å². The van der Waals surface area contributed by atoms with E-state index in [-0.39, 0.29) is 17.8 Å². The van der Waals surface area contributed by atoms with Gasteiger partial charge in [0.15, 0.2) is 11.6 Å². The van der Waals surface area contributed by atoms with Crippen LogP contribution in [0, 0.1) is 23.6 Å². The molecule has 4 N–H and O–H groups in total. The topological polar surface area (TPSA) is 91.6 Å². The molecule has 2 aromatic rings. The first kappa shape index (κ1) is 23.7.